The van der Waals surface area contributed by atoms with E-state index in [1.165, 1.54) is 6.92 Å². The van der Waals surface area contributed by atoms with E-state index in [1.807, 2.05) is 0 Å². The van der Waals surface area contributed by atoms with Crippen molar-refractivity contribution in [2.45, 2.75) is 12.1 Å². The van der Waals surface area contributed by atoms with Gasteiger partial charge in [0.1, 0.15) is 5.69 Å². The Morgan fingerprint density at radius 2 is 2.21 bits per heavy atom. The highest BCUT2D eigenvalue weighted by molar-refractivity contribution is 7.99. The zero-order valence-corrected chi connectivity index (χ0v) is 10.9. The lowest BCUT2D eigenvalue weighted by atomic mass is 10.5. The molecule has 0 spiro atoms. The Bertz CT molecular complexity index is 586. The van der Waals surface area contributed by atoms with Crippen molar-refractivity contribution in [1.29, 1.82) is 0 Å². The van der Waals surface area contributed by atoms with Gasteiger partial charge >= 0.3 is 6.03 Å². The molecule has 1 aromatic heterocycles. The summed E-state index contributed by atoms with van der Waals surface area (Å²) in [5.41, 5.74) is -0.291. The average Bonchev–Trinajstić information content (AvgIpc) is 2.81. The van der Waals surface area contributed by atoms with Gasteiger partial charge in [0, 0.05) is 13.1 Å². The predicted molar refractivity (Wildman–Crippen MR) is 67.0 cm³/mol. The molecule has 9 nitrogen and oxygen atoms in total. The smallest absolute Gasteiger partial charge is 0.324 e. The standard InChI is InChI=1S/C9H12N6O3S/c1-5-7(17)15(10)9(13-12-5)19-4-6(16)14-3-2-11-8(14)18/h2-4,10H2,1H3,(H,11,18). The third-order valence-corrected chi connectivity index (χ3v) is 3.43. The van der Waals surface area contributed by atoms with Crippen LogP contribution < -0.4 is 16.7 Å². The first-order valence-corrected chi connectivity index (χ1v) is 6.41. The number of aromatic nitrogens is 3. The van der Waals surface area contributed by atoms with Crippen molar-refractivity contribution in [3.8, 4) is 0 Å². The molecule has 1 aliphatic heterocycles. The van der Waals surface area contributed by atoms with Crippen LogP contribution in [-0.4, -0.2) is 50.6 Å². The van der Waals surface area contributed by atoms with Gasteiger partial charge in [-0.25, -0.2) is 4.79 Å². The van der Waals surface area contributed by atoms with Crippen LogP contribution in [0.1, 0.15) is 5.69 Å². The molecule has 2 heterocycles. The molecule has 0 aromatic carbocycles. The van der Waals surface area contributed by atoms with E-state index in [0.717, 1.165) is 21.3 Å². The van der Waals surface area contributed by atoms with E-state index in [0.29, 0.717) is 13.1 Å². The van der Waals surface area contributed by atoms with Crippen LogP contribution >= 0.6 is 11.8 Å². The van der Waals surface area contributed by atoms with E-state index >= 15 is 0 Å². The first kappa shape index (κ1) is 13.3. The van der Waals surface area contributed by atoms with Gasteiger partial charge in [-0.15, -0.1) is 10.2 Å². The maximum Gasteiger partial charge on any atom is 0.324 e. The fourth-order valence-electron chi connectivity index (χ4n) is 1.48. The van der Waals surface area contributed by atoms with E-state index in [2.05, 4.69) is 15.5 Å². The van der Waals surface area contributed by atoms with Crippen LogP contribution in [0, 0.1) is 6.92 Å². The quantitative estimate of drug-likeness (QED) is 0.501. The fourth-order valence-corrected chi connectivity index (χ4v) is 2.21. The zero-order valence-electron chi connectivity index (χ0n) is 10.1. The number of nitrogens with two attached hydrogens (primary N) is 1. The Balaban J connectivity index is 2.03. The summed E-state index contributed by atoms with van der Waals surface area (Å²) < 4.78 is 0.838. The number of hydrogen-bond acceptors (Lipinski definition) is 7. The van der Waals surface area contributed by atoms with Crippen LogP contribution in [0.25, 0.3) is 0 Å². The van der Waals surface area contributed by atoms with E-state index in [9.17, 15) is 14.4 Å². The lowest BCUT2D eigenvalue weighted by Crippen LogP contribution is -2.36. The number of rotatable bonds is 3. The van der Waals surface area contributed by atoms with Gasteiger partial charge in [-0.1, -0.05) is 11.8 Å². The number of nitrogens with one attached hydrogen (secondary N) is 1. The molecule has 1 aromatic rings. The summed E-state index contributed by atoms with van der Waals surface area (Å²) in [6.45, 7) is 2.28. The van der Waals surface area contributed by atoms with Crippen LogP contribution in [-0.2, 0) is 4.79 Å². The van der Waals surface area contributed by atoms with Crippen molar-refractivity contribution in [3.05, 3.63) is 16.0 Å². The highest BCUT2D eigenvalue weighted by atomic mass is 32.2. The van der Waals surface area contributed by atoms with Crippen molar-refractivity contribution in [1.82, 2.24) is 25.1 Å². The Labute approximate surface area is 112 Å². The van der Waals surface area contributed by atoms with Gasteiger partial charge in [0.2, 0.25) is 11.1 Å². The summed E-state index contributed by atoms with van der Waals surface area (Å²) in [4.78, 5) is 35.6. The number of carbonyl (C=O) groups excluding carboxylic acids is 2. The van der Waals surface area contributed by atoms with Crippen molar-refractivity contribution >= 4 is 23.7 Å². The number of hydrogen-bond donors (Lipinski definition) is 2. The minimum absolute atomic E-state index is 0.0399. The number of nitrogens with zero attached hydrogens (tertiary/aromatic N) is 4. The van der Waals surface area contributed by atoms with E-state index in [-0.39, 0.29) is 22.5 Å². The van der Waals surface area contributed by atoms with Crippen LogP contribution in [0.15, 0.2) is 9.95 Å². The number of thioether (sulfide) groups is 1. The molecule has 10 heteroatoms. The molecular formula is C9H12N6O3S. The number of carbonyl (C=O) groups is 2. The van der Waals surface area contributed by atoms with Crippen LogP contribution in [0.3, 0.4) is 0 Å². The molecule has 0 saturated carbocycles. The molecule has 3 N–H and O–H groups in total. The molecule has 0 aliphatic carbocycles. The minimum atomic E-state index is -0.469. The molecule has 0 unspecified atom stereocenters. The first-order chi connectivity index (χ1) is 9.00. The maximum absolute atomic E-state index is 11.8. The van der Waals surface area contributed by atoms with Crippen molar-refractivity contribution < 1.29 is 9.59 Å². The average molecular weight is 284 g/mol. The van der Waals surface area contributed by atoms with Gasteiger partial charge in [-0.3, -0.25) is 14.5 Å². The molecule has 0 radical (unpaired) electrons. The molecule has 1 saturated heterocycles. The van der Waals surface area contributed by atoms with E-state index in [1.54, 1.807) is 0 Å². The lowest BCUT2D eigenvalue weighted by Gasteiger charge is -2.11. The molecule has 0 atom stereocenters. The normalized spacial score (nSPS) is 14.6. The molecule has 2 rings (SSSR count). The van der Waals surface area contributed by atoms with Crippen molar-refractivity contribution in [2.24, 2.45) is 0 Å². The molecule has 3 amide bonds. The predicted octanol–water partition coefficient (Wildman–Crippen LogP) is -1.70. The summed E-state index contributed by atoms with van der Waals surface area (Å²) >= 11 is 0.960. The number of urea groups is 1. The van der Waals surface area contributed by atoms with Gasteiger partial charge in [-0.2, -0.15) is 4.68 Å². The van der Waals surface area contributed by atoms with Crippen LogP contribution in [0.4, 0.5) is 4.79 Å². The third-order valence-electron chi connectivity index (χ3n) is 2.50. The Morgan fingerprint density at radius 3 is 2.84 bits per heavy atom. The first-order valence-electron chi connectivity index (χ1n) is 5.43. The Hall–Kier alpha value is -2.10. The van der Waals surface area contributed by atoms with Crippen LogP contribution in [0.5, 0.6) is 0 Å². The molecule has 0 bridgehead atoms. The Morgan fingerprint density at radius 1 is 1.47 bits per heavy atom. The molecule has 102 valence electrons. The fraction of sp³-hybridized carbons (Fsp3) is 0.444. The van der Waals surface area contributed by atoms with Crippen LogP contribution in [0.2, 0.25) is 0 Å². The highest BCUT2D eigenvalue weighted by Gasteiger charge is 2.26. The second kappa shape index (κ2) is 5.26. The lowest BCUT2D eigenvalue weighted by molar-refractivity contribution is -0.124. The number of aryl methyl sites for hydroxylation is 1. The SMILES string of the molecule is Cc1nnc(SCC(=O)N2CCNC2=O)n(N)c1=O. The third kappa shape index (κ3) is 2.67. The van der Waals surface area contributed by atoms with Gasteiger partial charge in [0.15, 0.2) is 0 Å². The van der Waals surface area contributed by atoms with Gasteiger partial charge < -0.3 is 11.2 Å². The number of imide groups is 1. The number of amides is 3. The topological polar surface area (TPSA) is 123 Å². The van der Waals surface area contributed by atoms with E-state index < -0.39 is 11.6 Å². The van der Waals surface area contributed by atoms with E-state index in [4.69, 9.17) is 5.84 Å². The van der Waals surface area contributed by atoms with Gasteiger partial charge in [-0.05, 0) is 6.92 Å². The van der Waals surface area contributed by atoms with Gasteiger partial charge in [0.25, 0.3) is 5.56 Å². The number of nitrogen functional groups attached to an aromatic ring is 1. The van der Waals surface area contributed by atoms with Gasteiger partial charge in [0.05, 0.1) is 5.75 Å². The summed E-state index contributed by atoms with van der Waals surface area (Å²) in [5.74, 6) is 5.12. The summed E-state index contributed by atoms with van der Waals surface area (Å²) in [7, 11) is 0. The minimum Gasteiger partial charge on any atom is -0.336 e. The second-order valence-electron chi connectivity index (χ2n) is 3.81. The summed E-state index contributed by atoms with van der Waals surface area (Å²) in [6.07, 6.45) is 0. The molecule has 1 fully saturated rings. The molecule has 1 aliphatic rings. The molecule has 19 heavy (non-hydrogen) atoms. The maximum atomic E-state index is 11.8. The van der Waals surface area contributed by atoms with Crippen molar-refractivity contribution in [3.63, 3.8) is 0 Å². The molecular weight excluding hydrogens is 272 g/mol. The summed E-state index contributed by atoms with van der Waals surface area (Å²) in [6, 6.07) is -0.411. The van der Waals surface area contributed by atoms with Crippen molar-refractivity contribution in [2.75, 3.05) is 24.7 Å². The Kier molecular flexibility index (Phi) is 3.69. The highest BCUT2D eigenvalue weighted by Crippen LogP contribution is 2.12. The largest absolute Gasteiger partial charge is 0.336 e. The second-order valence-corrected chi connectivity index (χ2v) is 4.75. The monoisotopic (exact) mass is 284 g/mol. The zero-order chi connectivity index (χ0) is 14.0. The summed E-state index contributed by atoms with van der Waals surface area (Å²) in [5, 5.41) is 10.0.